The topological polar surface area (TPSA) is 18.1 Å². The molecule has 0 aliphatic heterocycles. The van der Waals surface area contributed by atoms with Crippen LogP contribution in [0.1, 0.15) is 0 Å². The number of hydrogen-bond acceptors (Lipinski definition) is 2. The third-order valence-electron chi connectivity index (χ3n) is 11.2. The first kappa shape index (κ1) is 29.0. The predicted molar refractivity (Wildman–Crippen MR) is 227 cm³/mol. The summed E-state index contributed by atoms with van der Waals surface area (Å²) in [6.07, 6.45) is 1.81. The number of nitrogens with zero attached hydrogens (tertiary/aromatic N) is 1. The first-order chi connectivity index (χ1) is 26.3. The largest absolute Gasteiger partial charge is 0.464 e. The van der Waals surface area contributed by atoms with Crippen LogP contribution in [0.25, 0.3) is 113 Å². The lowest BCUT2D eigenvalue weighted by Crippen LogP contribution is -1.94. The molecule has 0 N–H and O–H groups in total. The van der Waals surface area contributed by atoms with E-state index in [4.69, 9.17) is 4.42 Å². The van der Waals surface area contributed by atoms with Crippen molar-refractivity contribution in [1.82, 2.24) is 4.57 Å². The normalized spacial score (nSPS) is 12.2. The van der Waals surface area contributed by atoms with Gasteiger partial charge in [-0.05, 0) is 127 Å². The molecule has 246 valence electrons. The Morgan fingerprint density at radius 2 is 1.08 bits per heavy atom. The number of benzene rings is 9. The molecule has 0 saturated carbocycles. The Morgan fingerprint density at radius 1 is 0.377 bits per heavy atom. The van der Waals surface area contributed by atoms with Crippen molar-refractivity contribution in [3.63, 3.8) is 0 Å². The third kappa shape index (κ3) is 4.20. The minimum atomic E-state index is 0.897. The first-order valence-electron chi connectivity index (χ1n) is 18.1. The molecule has 0 spiro atoms. The van der Waals surface area contributed by atoms with Gasteiger partial charge in [0.15, 0.2) is 0 Å². The number of fused-ring (bicyclic) bond motifs is 11. The summed E-state index contributed by atoms with van der Waals surface area (Å²) in [5.41, 5.74) is 9.31. The Hall–Kier alpha value is -6.68. The van der Waals surface area contributed by atoms with E-state index < -0.39 is 0 Å². The number of aromatic nitrogens is 1. The van der Waals surface area contributed by atoms with Crippen molar-refractivity contribution in [2.75, 3.05) is 0 Å². The Labute approximate surface area is 308 Å². The Morgan fingerprint density at radius 3 is 1.98 bits per heavy atom. The standard InChI is InChI=1S/C50H29NOS/c1-2-12-35(13-3-1)51-44-16-8-6-14-36(44)40-26-34(20-21-45(40)51)50-42-27-41-37-15-7-9-17-47(37)53-48(41)29-39(42)38-25-32-22-23-52-46(32)28-43(38)49(50)33-19-18-30-10-4-5-11-31(30)24-33/h1-29H. The van der Waals surface area contributed by atoms with Crippen molar-refractivity contribution in [2.45, 2.75) is 0 Å². The molecule has 0 amide bonds. The lowest BCUT2D eigenvalue weighted by molar-refractivity contribution is 0.616. The van der Waals surface area contributed by atoms with Crippen LogP contribution in [-0.4, -0.2) is 4.57 Å². The summed E-state index contributed by atoms with van der Waals surface area (Å²) in [7, 11) is 0. The number of rotatable bonds is 3. The van der Waals surface area contributed by atoms with Gasteiger partial charge in [-0.25, -0.2) is 0 Å². The summed E-state index contributed by atoms with van der Waals surface area (Å²) in [4.78, 5) is 0. The van der Waals surface area contributed by atoms with E-state index in [1.807, 2.05) is 17.6 Å². The smallest absolute Gasteiger partial charge is 0.134 e. The molecule has 0 radical (unpaired) electrons. The minimum Gasteiger partial charge on any atom is -0.464 e. The number of hydrogen-bond donors (Lipinski definition) is 0. The van der Waals surface area contributed by atoms with Crippen molar-refractivity contribution >= 4 is 96.6 Å². The van der Waals surface area contributed by atoms with Crippen LogP contribution in [0, 0.1) is 0 Å². The maximum atomic E-state index is 6.10. The average molecular weight is 692 g/mol. The van der Waals surface area contributed by atoms with Gasteiger partial charge < -0.3 is 8.98 Å². The highest BCUT2D eigenvalue weighted by Crippen LogP contribution is 2.49. The van der Waals surface area contributed by atoms with Gasteiger partial charge in [0.2, 0.25) is 0 Å². The molecule has 0 aliphatic rings. The van der Waals surface area contributed by atoms with E-state index in [0.717, 1.165) is 16.7 Å². The molecule has 0 aliphatic carbocycles. The molecule has 12 rings (SSSR count). The molecule has 9 aromatic carbocycles. The van der Waals surface area contributed by atoms with Crippen LogP contribution >= 0.6 is 11.3 Å². The van der Waals surface area contributed by atoms with Gasteiger partial charge in [-0.15, -0.1) is 11.3 Å². The molecule has 0 unspecified atom stereocenters. The van der Waals surface area contributed by atoms with E-state index in [1.165, 1.54) is 96.5 Å². The second kappa shape index (κ2) is 10.9. The molecule has 0 saturated heterocycles. The van der Waals surface area contributed by atoms with Gasteiger partial charge in [-0.2, -0.15) is 0 Å². The fraction of sp³-hybridized carbons (Fsp3) is 0. The monoisotopic (exact) mass is 691 g/mol. The zero-order chi connectivity index (χ0) is 34.6. The molecular weight excluding hydrogens is 663 g/mol. The molecule has 0 bridgehead atoms. The maximum Gasteiger partial charge on any atom is 0.134 e. The molecule has 3 heterocycles. The molecular formula is C50H29NOS. The number of para-hydroxylation sites is 2. The van der Waals surface area contributed by atoms with Crippen LogP contribution in [0.2, 0.25) is 0 Å². The van der Waals surface area contributed by atoms with E-state index in [9.17, 15) is 0 Å². The average Bonchev–Trinajstić information content (AvgIpc) is 3.92. The highest BCUT2D eigenvalue weighted by Gasteiger charge is 2.22. The predicted octanol–water partition coefficient (Wildman–Crippen LogP) is 14.7. The second-order valence-corrected chi connectivity index (χ2v) is 15.2. The summed E-state index contributed by atoms with van der Waals surface area (Å²) in [5.74, 6) is 0. The van der Waals surface area contributed by atoms with Crippen LogP contribution in [0.15, 0.2) is 181 Å². The maximum absolute atomic E-state index is 6.10. The molecule has 0 atom stereocenters. The minimum absolute atomic E-state index is 0.897. The van der Waals surface area contributed by atoms with Gasteiger partial charge in [-0.1, -0.05) is 97.1 Å². The van der Waals surface area contributed by atoms with Crippen molar-refractivity contribution in [3.05, 3.63) is 176 Å². The summed E-state index contributed by atoms with van der Waals surface area (Å²) >= 11 is 1.88. The molecule has 2 nitrogen and oxygen atoms in total. The van der Waals surface area contributed by atoms with Crippen LogP contribution in [0.3, 0.4) is 0 Å². The molecule has 0 fully saturated rings. The van der Waals surface area contributed by atoms with Crippen molar-refractivity contribution in [3.8, 4) is 27.9 Å². The van der Waals surface area contributed by atoms with Crippen molar-refractivity contribution in [2.24, 2.45) is 0 Å². The zero-order valence-electron chi connectivity index (χ0n) is 28.5. The fourth-order valence-corrected chi connectivity index (χ4v) is 9.96. The van der Waals surface area contributed by atoms with E-state index >= 15 is 0 Å². The van der Waals surface area contributed by atoms with Crippen LogP contribution < -0.4 is 0 Å². The quantitative estimate of drug-likeness (QED) is 0.169. The summed E-state index contributed by atoms with van der Waals surface area (Å²) in [6.45, 7) is 0. The molecule has 12 aromatic rings. The summed E-state index contributed by atoms with van der Waals surface area (Å²) in [6, 6.07) is 62.6. The Bertz CT molecular complexity index is 3450. The lowest BCUT2D eigenvalue weighted by Gasteiger charge is -2.20. The van der Waals surface area contributed by atoms with E-state index in [1.54, 1.807) is 0 Å². The van der Waals surface area contributed by atoms with Crippen molar-refractivity contribution < 1.29 is 4.42 Å². The van der Waals surface area contributed by atoms with Gasteiger partial charge >= 0.3 is 0 Å². The Kier molecular flexibility index (Phi) is 5.96. The third-order valence-corrected chi connectivity index (χ3v) is 12.3. The van der Waals surface area contributed by atoms with E-state index in [-0.39, 0.29) is 0 Å². The first-order valence-corrected chi connectivity index (χ1v) is 18.9. The Balaban J connectivity index is 1.28. The summed E-state index contributed by atoms with van der Waals surface area (Å²) < 4.78 is 11.1. The number of furan rings is 1. The lowest BCUT2D eigenvalue weighted by atomic mass is 9.83. The van der Waals surface area contributed by atoms with E-state index in [2.05, 4.69) is 174 Å². The van der Waals surface area contributed by atoms with Crippen molar-refractivity contribution in [1.29, 1.82) is 0 Å². The summed E-state index contributed by atoms with van der Waals surface area (Å²) in [5, 5.41) is 13.6. The highest BCUT2D eigenvalue weighted by atomic mass is 32.1. The molecule has 3 heteroatoms. The van der Waals surface area contributed by atoms with E-state index in [0.29, 0.717) is 0 Å². The van der Waals surface area contributed by atoms with Crippen LogP contribution in [0.4, 0.5) is 0 Å². The van der Waals surface area contributed by atoms with Crippen LogP contribution in [-0.2, 0) is 0 Å². The van der Waals surface area contributed by atoms with Gasteiger partial charge in [0, 0.05) is 42.0 Å². The SMILES string of the molecule is c1ccc(-n2c3ccccc3c3cc(-c4c(-c5ccc6ccccc6c5)c5cc6occc6cc5c5cc6sc7ccccc7c6cc45)ccc32)cc1. The molecule has 53 heavy (non-hydrogen) atoms. The highest BCUT2D eigenvalue weighted by molar-refractivity contribution is 7.25. The van der Waals surface area contributed by atoms with Gasteiger partial charge in [0.05, 0.1) is 17.3 Å². The van der Waals surface area contributed by atoms with Gasteiger partial charge in [0.25, 0.3) is 0 Å². The van der Waals surface area contributed by atoms with Crippen LogP contribution in [0.5, 0.6) is 0 Å². The zero-order valence-corrected chi connectivity index (χ0v) is 29.3. The molecule has 3 aromatic heterocycles. The second-order valence-electron chi connectivity index (χ2n) is 14.1. The van der Waals surface area contributed by atoms with Gasteiger partial charge in [0.1, 0.15) is 5.58 Å². The fourth-order valence-electron chi connectivity index (χ4n) is 8.84. The number of thiophene rings is 1. The van der Waals surface area contributed by atoms with Gasteiger partial charge in [-0.3, -0.25) is 0 Å².